The molecule has 0 spiro atoms. The number of aliphatic carboxylic acids is 1. The lowest BCUT2D eigenvalue weighted by Gasteiger charge is -2.07. The highest BCUT2D eigenvalue weighted by Crippen LogP contribution is 2.28. The van der Waals surface area contributed by atoms with Gasteiger partial charge in [-0.3, -0.25) is 4.79 Å². The van der Waals surface area contributed by atoms with E-state index in [1.165, 1.54) is 35.2 Å². The molecule has 0 amide bonds. The van der Waals surface area contributed by atoms with Crippen molar-refractivity contribution in [2.45, 2.75) is 17.3 Å². The van der Waals surface area contributed by atoms with E-state index in [1.54, 1.807) is 6.07 Å². The van der Waals surface area contributed by atoms with Gasteiger partial charge >= 0.3 is 5.97 Å². The van der Waals surface area contributed by atoms with E-state index in [9.17, 15) is 9.18 Å². The van der Waals surface area contributed by atoms with Crippen molar-refractivity contribution in [2.75, 3.05) is 12.4 Å². The van der Waals surface area contributed by atoms with Crippen LogP contribution in [0.1, 0.15) is 6.42 Å². The van der Waals surface area contributed by atoms with Crippen LogP contribution in [0, 0.1) is 5.82 Å². The van der Waals surface area contributed by atoms with E-state index in [4.69, 9.17) is 9.84 Å². The van der Waals surface area contributed by atoms with Gasteiger partial charge in [-0.1, -0.05) is 23.1 Å². The van der Waals surface area contributed by atoms with Crippen molar-refractivity contribution in [1.29, 1.82) is 0 Å². The summed E-state index contributed by atoms with van der Waals surface area (Å²) >= 11 is 6.10. The van der Waals surface area contributed by atoms with E-state index >= 15 is 0 Å². The van der Waals surface area contributed by atoms with Gasteiger partial charge in [-0.15, -0.1) is 20.4 Å². The summed E-state index contributed by atoms with van der Waals surface area (Å²) in [5.41, 5.74) is 0. The first-order chi connectivity index (χ1) is 13.0. The Balaban J connectivity index is 1.45. The minimum absolute atomic E-state index is 0.236. The first kappa shape index (κ1) is 19.6. The molecule has 3 aromatic rings. The summed E-state index contributed by atoms with van der Waals surface area (Å²) in [6.45, 7) is 0.0701. The molecule has 27 heavy (non-hydrogen) atoms. The zero-order valence-electron chi connectivity index (χ0n) is 13.6. The van der Waals surface area contributed by atoms with Gasteiger partial charge in [0.05, 0.1) is 11.1 Å². The third-order valence-corrected chi connectivity index (χ3v) is 5.79. The smallest absolute Gasteiger partial charge is 0.327 e. The number of nitrogens with zero attached hydrogens (tertiary/aromatic N) is 6. The molecule has 0 saturated carbocycles. The molecule has 0 radical (unpaired) electrons. The Morgan fingerprint density at radius 3 is 3.04 bits per heavy atom. The van der Waals surface area contributed by atoms with E-state index in [0.29, 0.717) is 21.8 Å². The number of rotatable bonds is 9. The van der Waals surface area contributed by atoms with Crippen LogP contribution in [0.25, 0.3) is 10.8 Å². The Kier molecular flexibility index (Phi) is 6.68. The number of thioether (sulfide) groups is 1. The Hall–Kier alpha value is -2.12. The van der Waals surface area contributed by atoms with Gasteiger partial charge in [-0.2, -0.15) is 4.80 Å². The number of carboxylic acids is 1. The number of ether oxygens (including phenoxy) is 1. The fourth-order valence-corrected chi connectivity index (χ4v) is 3.98. The fraction of sp³-hybridized carbons (Fsp3) is 0.286. The zero-order chi connectivity index (χ0) is 19.2. The predicted octanol–water partition coefficient (Wildman–Crippen LogP) is 2.74. The number of carboxylic acid groups (broad SMARTS) is 1. The second-order valence-electron chi connectivity index (χ2n) is 5.04. The monoisotopic (exact) mass is 474 g/mol. The highest BCUT2D eigenvalue weighted by atomic mass is 79.9. The lowest BCUT2D eigenvalue weighted by molar-refractivity contribution is -0.138. The largest absolute Gasteiger partial charge is 0.492 e. The van der Waals surface area contributed by atoms with E-state index in [0.717, 1.165) is 21.3 Å². The number of hydrogen-bond donors (Lipinski definition) is 1. The van der Waals surface area contributed by atoms with E-state index in [2.05, 4.69) is 41.5 Å². The summed E-state index contributed by atoms with van der Waals surface area (Å²) in [6, 6.07) is 4.29. The van der Waals surface area contributed by atoms with Gasteiger partial charge < -0.3 is 9.84 Å². The summed E-state index contributed by atoms with van der Waals surface area (Å²) in [5.74, 6) is 0.0344. The molecular weight excluding hydrogens is 463 g/mol. The third-order valence-electron chi connectivity index (χ3n) is 2.99. The molecule has 13 heteroatoms. The van der Waals surface area contributed by atoms with Crippen LogP contribution in [0.15, 0.2) is 27.0 Å². The molecule has 3 rings (SSSR count). The molecule has 0 unspecified atom stereocenters. The average Bonchev–Trinajstić information content (AvgIpc) is 3.26. The number of carbonyl (C=O) groups is 1. The number of halogens is 2. The van der Waals surface area contributed by atoms with Crippen molar-refractivity contribution in [1.82, 2.24) is 30.4 Å². The zero-order valence-corrected chi connectivity index (χ0v) is 16.8. The van der Waals surface area contributed by atoms with Crippen LogP contribution >= 0.6 is 39.0 Å². The molecule has 0 aliphatic heterocycles. The SMILES string of the molecule is O=C(O)Cn1nnc(-c2nnc(SCCCOc3cc(F)ccc3Br)s2)n1. The highest BCUT2D eigenvalue weighted by molar-refractivity contribution is 9.10. The summed E-state index contributed by atoms with van der Waals surface area (Å²) in [6.07, 6.45) is 0.732. The normalized spacial score (nSPS) is 10.9. The molecule has 142 valence electrons. The number of hydrogen-bond acceptors (Lipinski definition) is 9. The first-order valence-electron chi connectivity index (χ1n) is 7.55. The molecular formula is C14H12BrFN6O3S2. The summed E-state index contributed by atoms with van der Waals surface area (Å²) in [5, 5.41) is 28.6. The lowest BCUT2D eigenvalue weighted by Crippen LogP contribution is -2.11. The van der Waals surface area contributed by atoms with E-state index in [-0.39, 0.29) is 18.2 Å². The van der Waals surface area contributed by atoms with Gasteiger partial charge in [0.15, 0.2) is 15.9 Å². The van der Waals surface area contributed by atoms with E-state index < -0.39 is 5.97 Å². The maximum atomic E-state index is 13.2. The van der Waals surface area contributed by atoms with Crippen molar-refractivity contribution < 1.29 is 19.0 Å². The van der Waals surface area contributed by atoms with Crippen LogP contribution in [-0.4, -0.2) is 53.8 Å². The van der Waals surface area contributed by atoms with Crippen LogP contribution in [0.3, 0.4) is 0 Å². The van der Waals surface area contributed by atoms with Gasteiger partial charge in [0.25, 0.3) is 0 Å². The van der Waals surface area contributed by atoms with Gasteiger partial charge in [0.2, 0.25) is 5.82 Å². The molecule has 0 aliphatic rings. The second kappa shape index (κ2) is 9.19. The van der Waals surface area contributed by atoms with E-state index in [1.807, 2.05) is 0 Å². The van der Waals surface area contributed by atoms with Crippen LogP contribution in [0.4, 0.5) is 4.39 Å². The number of aromatic nitrogens is 6. The molecule has 9 nitrogen and oxygen atoms in total. The van der Waals surface area contributed by atoms with Gasteiger partial charge in [0.1, 0.15) is 11.6 Å². The summed E-state index contributed by atoms with van der Waals surface area (Å²) in [4.78, 5) is 11.6. The maximum absolute atomic E-state index is 13.2. The molecule has 0 fully saturated rings. The molecule has 0 aliphatic carbocycles. The highest BCUT2D eigenvalue weighted by Gasteiger charge is 2.14. The van der Waals surface area contributed by atoms with Gasteiger partial charge in [-0.05, 0) is 39.7 Å². The number of benzene rings is 1. The van der Waals surface area contributed by atoms with Crippen molar-refractivity contribution in [3.8, 4) is 16.6 Å². The standard InChI is InChI=1S/C14H12BrFN6O3S2/c15-9-3-2-8(16)6-10(9)25-4-1-5-26-14-19-18-13(27-14)12-17-21-22(20-12)7-11(23)24/h2-3,6H,1,4-5,7H2,(H,23,24). The average molecular weight is 475 g/mol. The van der Waals surface area contributed by atoms with Gasteiger partial charge in [-0.25, -0.2) is 4.39 Å². The van der Waals surface area contributed by atoms with Crippen molar-refractivity contribution >= 4 is 45.0 Å². The molecule has 1 N–H and O–H groups in total. The molecule has 0 saturated heterocycles. The Bertz CT molecular complexity index is 937. The van der Waals surface area contributed by atoms with Crippen molar-refractivity contribution in [3.05, 3.63) is 28.5 Å². The van der Waals surface area contributed by atoms with Crippen LogP contribution < -0.4 is 4.74 Å². The third kappa shape index (κ3) is 5.68. The van der Waals surface area contributed by atoms with Crippen molar-refractivity contribution in [2.24, 2.45) is 0 Å². The number of tetrazole rings is 1. The minimum Gasteiger partial charge on any atom is -0.492 e. The summed E-state index contributed by atoms with van der Waals surface area (Å²) < 4.78 is 20.2. The molecule has 2 heterocycles. The Morgan fingerprint density at radius 2 is 2.22 bits per heavy atom. The first-order valence-corrected chi connectivity index (χ1v) is 10.1. The lowest BCUT2D eigenvalue weighted by atomic mass is 10.3. The summed E-state index contributed by atoms with van der Waals surface area (Å²) in [7, 11) is 0. The Morgan fingerprint density at radius 1 is 1.37 bits per heavy atom. The molecule has 1 aromatic carbocycles. The van der Waals surface area contributed by atoms with Crippen LogP contribution in [0.5, 0.6) is 5.75 Å². The minimum atomic E-state index is -1.06. The van der Waals surface area contributed by atoms with Crippen LogP contribution in [-0.2, 0) is 11.3 Å². The predicted molar refractivity (Wildman–Crippen MR) is 99.3 cm³/mol. The maximum Gasteiger partial charge on any atom is 0.327 e. The topological polar surface area (TPSA) is 116 Å². The Labute approximate surface area is 169 Å². The van der Waals surface area contributed by atoms with Gasteiger partial charge in [0, 0.05) is 11.8 Å². The molecule has 2 aromatic heterocycles. The van der Waals surface area contributed by atoms with Crippen LogP contribution in [0.2, 0.25) is 0 Å². The second-order valence-corrected chi connectivity index (χ2v) is 8.21. The fourth-order valence-electron chi connectivity index (χ4n) is 1.86. The molecule has 0 bridgehead atoms. The quantitative estimate of drug-likeness (QED) is 0.368. The molecule has 0 atom stereocenters. The van der Waals surface area contributed by atoms with Crippen molar-refractivity contribution in [3.63, 3.8) is 0 Å².